The number of unbranched alkanes of at least 4 members (excludes halogenated alkanes) is 1. The summed E-state index contributed by atoms with van der Waals surface area (Å²) in [7, 11) is 0. The molecule has 0 saturated heterocycles. The summed E-state index contributed by atoms with van der Waals surface area (Å²) in [6, 6.07) is 7.09. The van der Waals surface area contributed by atoms with Crippen molar-refractivity contribution in [2.24, 2.45) is 0 Å². The maximum absolute atomic E-state index is 4.52. The van der Waals surface area contributed by atoms with Crippen molar-refractivity contribution in [3.05, 3.63) is 35.8 Å². The number of aryl methyl sites for hydroxylation is 1. The third-order valence-electron chi connectivity index (χ3n) is 5.30. The molecule has 0 atom stereocenters. The number of nitrogens with zero attached hydrogens (tertiary/aromatic N) is 2. The van der Waals surface area contributed by atoms with Crippen molar-refractivity contribution in [2.75, 3.05) is 26.2 Å². The summed E-state index contributed by atoms with van der Waals surface area (Å²) in [4.78, 5) is 4.52. The monoisotopic (exact) mass is 501 g/mol. The zero-order valence-corrected chi connectivity index (χ0v) is 21.2. The van der Waals surface area contributed by atoms with E-state index < -0.39 is 0 Å². The summed E-state index contributed by atoms with van der Waals surface area (Å²) in [6.45, 7) is 7.31. The van der Waals surface area contributed by atoms with Crippen LogP contribution in [0.25, 0.3) is 5.65 Å². The van der Waals surface area contributed by atoms with Crippen molar-refractivity contribution in [3.63, 3.8) is 0 Å². The Bertz CT molecular complexity index is 662. The summed E-state index contributed by atoms with van der Waals surface area (Å²) < 4.78 is 2.18. The highest BCUT2D eigenvalue weighted by molar-refractivity contribution is 5.86. The Morgan fingerprint density at radius 3 is 2.33 bits per heavy atom. The molecule has 1 saturated carbocycles. The maximum Gasteiger partial charge on any atom is 0.137 e. The molecule has 5 nitrogen and oxygen atoms in total. The van der Waals surface area contributed by atoms with E-state index in [4.69, 9.17) is 0 Å². The molecule has 176 valence electrons. The SMILES string of the molecule is Cc1cn2c(CNCCCCNCCNC3CCCCC3)cccc2n1.Cl.Cl.Cl.Cl. The summed E-state index contributed by atoms with van der Waals surface area (Å²) in [5.41, 5.74) is 3.38. The number of rotatable bonds is 11. The van der Waals surface area contributed by atoms with Crippen LogP contribution in [0.15, 0.2) is 24.4 Å². The standard InChI is InChI=1S/C21H35N5.4ClH/c1-18-17-26-20(10-7-11-21(26)25-18)16-23-13-6-5-12-22-14-15-24-19-8-3-2-4-9-19;;;;/h7,10-11,17,19,22-24H,2-6,8-9,12-16H2,1H3;4*1H. The fraction of sp³-hybridized carbons (Fsp3) is 0.667. The minimum Gasteiger partial charge on any atom is -0.315 e. The second-order valence-electron chi connectivity index (χ2n) is 7.55. The van der Waals surface area contributed by atoms with Crippen LogP contribution >= 0.6 is 49.6 Å². The largest absolute Gasteiger partial charge is 0.315 e. The van der Waals surface area contributed by atoms with Crippen LogP contribution in [0.1, 0.15) is 56.3 Å². The zero-order valence-electron chi connectivity index (χ0n) is 17.9. The van der Waals surface area contributed by atoms with E-state index in [2.05, 4.69) is 49.7 Å². The molecule has 0 aliphatic heterocycles. The van der Waals surface area contributed by atoms with E-state index in [0.717, 1.165) is 50.1 Å². The number of halogens is 4. The van der Waals surface area contributed by atoms with Crippen LogP contribution in [-0.2, 0) is 6.54 Å². The summed E-state index contributed by atoms with van der Waals surface area (Å²) >= 11 is 0. The molecular formula is C21H39Cl4N5. The van der Waals surface area contributed by atoms with E-state index >= 15 is 0 Å². The molecule has 0 radical (unpaired) electrons. The Hall–Kier alpha value is -0.270. The van der Waals surface area contributed by atoms with Gasteiger partial charge in [0.2, 0.25) is 0 Å². The summed E-state index contributed by atoms with van der Waals surface area (Å²) in [5.74, 6) is 0. The first-order valence-electron chi connectivity index (χ1n) is 10.4. The van der Waals surface area contributed by atoms with Crippen LogP contribution in [0.3, 0.4) is 0 Å². The van der Waals surface area contributed by atoms with Crippen LogP contribution in [0, 0.1) is 6.92 Å². The summed E-state index contributed by atoms with van der Waals surface area (Å²) in [5, 5.41) is 10.8. The van der Waals surface area contributed by atoms with Crippen molar-refractivity contribution in [1.29, 1.82) is 0 Å². The van der Waals surface area contributed by atoms with E-state index in [1.165, 1.54) is 50.6 Å². The molecular weight excluding hydrogens is 464 g/mol. The molecule has 9 heteroatoms. The Morgan fingerprint density at radius 2 is 1.60 bits per heavy atom. The highest BCUT2D eigenvalue weighted by Gasteiger charge is 2.11. The van der Waals surface area contributed by atoms with E-state index in [0.29, 0.717) is 0 Å². The molecule has 0 amide bonds. The van der Waals surface area contributed by atoms with Gasteiger partial charge in [0, 0.05) is 37.6 Å². The third kappa shape index (κ3) is 10.9. The lowest BCUT2D eigenvalue weighted by molar-refractivity contribution is 0.372. The molecule has 30 heavy (non-hydrogen) atoms. The fourth-order valence-corrected chi connectivity index (χ4v) is 3.85. The van der Waals surface area contributed by atoms with Gasteiger partial charge in [-0.3, -0.25) is 0 Å². The Kier molecular flexibility index (Phi) is 19.5. The van der Waals surface area contributed by atoms with Crippen molar-refractivity contribution >= 4 is 55.3 Å². The second-order valence-corrected chi connectivity index (χ2v) is 7.55. The number of hydrogen-bond acceptors (Lipinski definition) is 4. The molecule has 3 N–H and O–H groups in total. The van der Waals surface area contributed by atoms with Crippen molar-refractivity contribution in [3.8, 4) is 0 Å². The predicted molar refractivity (Wildman–Crippen MR) is 138 cm³/mol. The van der Waals surface area contributed by atoms with Gasteiger partial charge >= 0.3 is 0 Å². The lowest BCUT2D eigenvalue weighted by Crippen LogP contribution is -2.36. The Labute approximate surface area is 206 Å². The van der Waals surface area contributed by atoms with Gasteiger partial charge in [-0.25, -0.2) is 4.98 Å². The van der Waals surface area contributed by atoms with Crippen LogP contribution in [0.4, 0.5) is 0 Å². The lowest BCUT2D eigenvalue weighted by Gasteiger charge is -2.22. The van der Waals surface area contributed by atoms with Crippen LogP contribution < -0.4 is 16.0 Å². The molecule has 1 fully saturated rings. The first kappa shape index (κ1) is 31.9. The molecule has 2 aromatic rings. The van der Waals surface area contributed by atoms with Crippen molar-refractivity contribution in [1.82, 2.24) is 25.3 Å². The quantitative estimate of drug-likeness (QED) is 0.389. The molecule has 0 aromatic carbocycles. The van der Waals surface area contributed by atoms with Crippen LogP contribution in [0.5, 0.6) is 0 Å². The predicted octanol–water partition coefficient (Wildman–Crippen LogP) is 4.71. The van der Waals surface area contributed by atoms with Crippen LogP contribution in [0.2, 0.25) is 0 Å². The van der Waals surface area contributed by atoms with Crippen molar-refractivity contribution < 1.29 is 0 Å². The fourth-order valence-electron chi connectivity index (χ4n) is 3.85. The molecule has 0 unspecified atom stereocenters. The molecule has 2 aromatic heterocycles. The van der Waals surface area contributed by atoms with E-state index in [9.17, 15) is 0 Å². The molecule has 2 heterocycles. The molecule has 1 aliphatic rings. The molecule has 0 bridgehead atoms. The topological polar surface area (TPSA) is 53.4 Å². The highest BCUT2D eigenvalue weighted by atomic mass is 35.5. The average Bonchev–Trinajstić information content (AvgIpc) is 3.05. The van der Waals surface area contributed by atoms with E-state index in [1.54, 1.807) is 0 Å². The van der Waals surface area contributed by atoms with Gasteiger partial charge in [0.1, 0.15) is 5.65 Å². The van der Waals surface area contributed by atoms with Gasteiger partial charge in [0.25, 0.3) is 0 Å². The number of fused-ring (bicyclic) bond motifs is 1. The maximum atomic E-state index is 4.52. The van der Waals surface area contributed by atoms with Crippen LogP contribution in [-0.4, -0.2) is 41.6 Å². The number of hydrogen-bond donors (Lipinski definition) is 3. The Morgan fingerprint density at radius 1 is 0.900 bits per heavy atom. The molecule has 3 rings (SSSR count). The zero-order chi connectivity index (χ0) is 18.0. The van der Waals surface area contributed by atoms with Gasteiger partial charge in [0.15, 0.2) is 0 Å². The number of pyridine rings is 1. The second kappa shape index (κ2) is 18.3. The molecule has 0 spiro atoms. The van der Waals surface area contributed by atoms with Gasteiger partial charge in [0.05, 0.1) is 5.69 Å². The van der Waals surface area contributed by atoms with E-state index in [-0.39, 0.29) is 49.6 Å². The average molecular weight is 503 g/mol. The van der Waals surface area contributed by atoms with Gasteiger partial charge in [-0.15, -0.1) is 49.6 Å². The summed E-state index contributed by atoms with van der Waals surface area (Å²) in [6.07, 6.45) is 11.5. The van der Waals surface area contributed by atoms with Crippen molar-refractivity contribution in [2.45, 2.75) is 64.5 Å². The van der Waals surface area contributed by atoms with Gasteiger partial charge in [-0.1, -0.05) is 25.3 Å². The smallest absolute Gasteiger partial charge is 0.137 e. The number of nitrogens with one attached hydrogen (secondary N) is 3. The lowest BCUT2D eigenvalue weighted by atomic mass is 9.95. The van der Waals surface area contributed by atoms with Gasteiger partial charge < -0.3 is 20.4 Å². The minimum absolute atomic E-state index is 0. The molecule has 1 aliphatic carbocycles. The van der Waals surface area contributed by atoms with E-state index in [1.807, 2.05) is 6.92 Å². The third-order valence-corrected chi connectivity index (χ3v) is 5.30. The Balaban J connectivity index is 0. The first-order valence-corrected chi connectivity index (χ1v) is 10.4. The van der Waals surface area contributed by atoms with Gasteiger partial charge in [-0.2, -0.15) is 0 Å². The first-order chi connectivity index (χ1) is 12.8. The van der Waals surface area contributed by atoms with Gasteiger partial charge in [-0.05, 0) is 57.8 Å². The number of imidazole rings is 1. The highest BCUT2D eigenvalue weighted by Crippen LogP contribution is 2.16. The number of aromatic nitrogens is 2. The normalized spacial score (nSPS) is 13.6. The minimum atomic E-state index is 0.